The number of nitrogens with zero attached hydrogens (tertiary/aromatic N) is 2. The molecule has 66 valence electrons. The molecule has 1 aromatic heterocycles. The smallest absolute Gasteiger partial charge is 0.205 e. The predicted octanol–water partition coefficient (Wildman–Crippen LogP) is 2.24. The molecule has 0 aliphatic heterocycles. The quantitative estimate of drug-likeness (QED) is 0.778. The first-order valence-corrected chi connectivity index (χ1v) is 5.29. The first-order chi connectivity index (χ1) is 5.90. The molecule has 1 aromatic rings. The summed E-state index contributed by atoms with van der Waals surface area (Å²) in [5.74, 6) is 0.736. The van der Waals surface area contributed by atoms with Crippen molar-refractivity contribution in [2.24, 2.45) is 0 Å². The van der Waals surface area contributed by atoms with Gasteiger partial charge >= 0.3 is 0 Å². The highest BCUT2D eigenvalue weighted by atomic mass is 32.1. The molecule has 3 nitrogen and oxygen atoms in total. The Hall–Kier alpha value is -0.640. The van der Waals surface area contributed by atoms with E-state index in [1.807, 2.05) is 0 Å². The number of rotatable bonds is 4. The maximum Gasteiger partial charge on any atom is 0.205 e. The summed E-state index contributed by atoms with van der Waals surface area (Å²) in [6.07, 6.45) is 3.75. The molecule has 1 saturated carbocycles. The average molecular weight is 183 g/mol. The molecule has 0 spiro atoms. The van der Waals surface area contributed by atoms with Gasteiger partial charge < -0.3 is 5.32 Å². The molecular weight excluding hydrogens is 170 g/mol. The number of hydrogen-bond donors (Lipinski definition) is 1. The summed E-state index contributed by atoms with van der Waals surface area (Å²) < 4.78 is 0. The van der Waals surface area contributed by atoms with Crippen molar-refractivity contribution in [1.82, 2.24) is 10.2 Å². The summed E-state index contributed by atoms with van der Waals surface area (Å²) in [6.45, 7) is 3.15. The summed E-state index contributed by atoms with van der Waals surface area (Å²) in [5, 5.41) is 13.7. The Morgan fingerprint density at radius 1 is 1.50 bits per heavy atom. The van der Waals surface area contributed by atoms with Crippen LogP contribution in [0.1, 0.15) is 37.1 Å². The SMILES string of the molecule is CCCNc1nnc(C2CC2)s1. The lowest BCUT2D eigenvalue weighted by Crippen LogP contribution is -1.98. The first kappa shape index (κ1) is 7.98. The van der Waals surface area contributed by atoms with Gasteiger partial charge in [0.05, 0.1) is 0 Å². The van der Waals surface area contributed by atoms with Gasteiger partial charge in [0.2, 0.25) is 5.13 Å². The van der Waals surface area contributed by atoms with Crippen molar-refractivity contribution in [3.8, 4) is 0 Å². The Kier molecular flexibility index (Phi) is 2.26. The topological polar surface area (TPSA) is 37.8 Å². The van der Waals surface area contributed by atoms with Gasteiger partial charge in [-0.2, -0.15) is 0 Å². The van der Waals surface area contributed by atoms with Crippen molar-refractivity contribution in [2.75, 3.05) is 11.9 Å². The van der Waals surface area contributed by atoms with Crippen molar-refractivity contribution in [2.45, 2.75) is 32.1 Å². The van der Waals surface area contributed by atoms with Crippen LogP contribution in [-0.2, 0) is 0 Å². The van der Waals surface area contributed by atoms with E-state index >= 15 is 0 Å². The lowest BCUT2D eigenvalue weighted by Gasteiger charge is -1.95. The Bertz CT molecular complexity index is 255. The van der Waals surface area contributed by atoms with Crippen LogP contribution in [0.3, 0.4) is 0 Å². The van der Waals surface area contributed by atoms with E-state index in [1.165, 1.54) is 17.8 Å². The molecule has 0 amide bonds. The van der Waals surface area contributed by atoms with Gasteiger partial charge in [-0.05, 0) is 19.3 Å². The minimum Gasteiger partial charge on any atom is -0.360 e. The molecular formula is C8H13N3S. The van der Waals surface area contributed by atoms with Gasteiger partial charge in [-0.15, -0.1) is 10.2 Å². The molecule has 0 aromatic carbocycles. The first-order valence-electron chi connectivity index (χ1n) is 4.47. The van der Waals surface area contributed by atoms with Crippen LogP contribution in [0.5, 0.6) is 0 Å². The summed E-state index contributed by atoms with van der Waals surface area (Å²) in [5.41, 5.74) is 0. The third-order valence-corrected chi connectivity index (χ3v) is 2.94. The molecule has 1 N–H and O–H groups in total. The van der Waals surface area contributed by atoms with Crippen LogP contribution >= 0.6 is 11.3 Å². The molecule has 0 radical (unpaired) electrons. The van der Waals surface area contributed by atoms with Crippen molar-refractivity contribution in [3.05, 3.63) is 5.01 Å². The van der Waals surface area contributed by atoms with E-state index < -0.39 is 0 Å². The van der Waals surface area contributed by atoms with Crippen molar-refractivity contribution >= 4 is 16.5 Å². The van der Waals surface area contributed by atoms with Gasteiger partial charge in [-0.3, -0.25) is 0 Å². The normalized spacial score (nSPS) is 16.4. The fraction of sp³-hybridized carbons (Fsp3) is 0.750. The van der Waals surface area contributed by atoms with Crippen molar-refractivity contribution in [3.63, 3.8) is 0 Å². The second-order valence-corrected chi connectivity index (χ2v) is 4.16. The largest absolute Gasteiger partial charge is 0.360 e. The molecule has 2 rings (SSSR count). The van der Waals surface area contributed by atoms with Crippen LogP contribution in [0.15, 0.2) is 0 Å². The van der Waals surface area contributed by atoms with E-state index in [1.54, 1.807) is 11.3 Å². The van der Waals surface area contributed by atoms with Gasteiger partial charge in [-0.25, -0.2) is 0 Å². The Morgan fingerprint density at radius 3 is 3.00 bits per heavy atom. The van der Waals surface area contributed by atoms with E-state index in [4.69, 9.17) is 0 Å². The fourth-order valence-corrected chi connectivity index (χ4v) is 1.97. The van der Waals surface area contributed by atoms with Gasteiger partial charge in [0.25, 0.3) is 0 Å². The summed E-state index contributed by atoms with van der Waals surface area (Å²) >= 11 is 1.71. The number of nitrogens with one attached hydrogen (secondary N) is 1. The Balaban J connectivity index is 1.93. The summed E-state index contributed by atoms with van der Waals surface area (Å²) in [6, 6.07) is 0. The molecule has 1 heterocycles. The van der Waals surface area contributed by atoms with Crippen LogP contribution < -0.4 is 5.32 Å². The van der Waals surface area contributed by atoms with E-state index in [0.717, 1.165) is 24.0 Å². The highest BCUT2D eigenvalue weighted by Gasteiger charge is 2.27. The highest BCUT2D eigenvalue weighted by molar-refractivity contribution is 7.15. The monoisotopic (exact) mass is 183 g/mol. The van der Waals surface area contributed by atoms with Crippen LogP contribution in [0.2, 0.25) is 0 Å². The molecule has 1 fully saturated rings. The molecule has 0 bridgehead atoms. The molecule has 0 saturated heterocycles. The summed E-state index contributed by atoms with van der Waals surface area (Å²) in [7, 11) is 0. The Labute approximate surface area is 76.2 Å². The van der Waals surface area contributed by atoms with Crippen LogP contribution in [0.4, 0.5) is 5.13 Å². The third-order valence-electron chi connectivity index (χ3n) is 1.89. The molecule has 12 heavy (non-hydrogen) atoms. The maximum absolute atomic E-state index is 4.14. The maximum atomic E-state index is 4.14. The van der Waals surface area contributed by atoms with Gasteiger partial charge in [0, 0.05) is 12.5 Å². The molecule has 0 unspecified atom stereocenters. The van der Waals surface area contributed by atoms with Crippen LogP contribution in [-0.4, -0.2) is 16.7 Å². The number of anilines is 1. The highest BCUT2D eigenvalue weighted by Crippen LogP contribution is 2.41. The Morgan fingerprint density at radius 2 is 2.33 bits per heavy atom. The third kappa shape index (κ3) is 1.75. The molecule has 0 atom stereocenters. The zero-order chi connectivity index (χ0) is 8.39. The minimum atomic E-state index is 0.736. The minimum absolute atomic E-state index is 0.736. The second kappa shape index (κ2) is 3.39. The molecule has 1 aliphatic carbocycles. The lowest BCUT2D eigenvalue weighted by atomic mass is 10.5. The number of hydrogen-bond acceptors (Lipinski definition) is 4. The second-order valence-electron chi connectivity index (χ2n) is 3.15. The molecule has 1 aliphatic rings. The van der Waals surface area contributed by atoms with Crippen molar-refractivity contribution < 1.29 is 0 Å². The van der Waals surface area contributed by atoms with Crippen molar-refractivity contribution in [1.29, 1.82) is 0 Å². The predicted molar refractivity (Wildman–Crippen MR) is 50.7 cm³/mol. The zero-order valence-corrected chi connectivity index (χ0v) is 8.02. The standard InChI is InChI=1S/C8H13N3S/c1-2-5-9-8-11-10-7(12-8)6-3-4-6/h6H,2-5H2,1H3,(H,9,11). The number of aromatic nitrogens is 2. The van der Waals surface area contributed by atoms with Crippen LogP contribution in [0.25, 0.3) is 0 Å². The summed E-state index contributed by atoms with van der Waals surface area (Å²) in [4.78, 5) is 0. The van der Waals surface area contributed by atoms with Gasteiger partial charge in [0.15, 0.2) is 0 Å². The fourth-order valence-electron chi connectivity index (χ4n) is 1.03. The molecule has 4 heteroatoms. The van der Waals surface area contributed by atoms with E-state index in [9.17, 15) is 0 Å². The van der Waals surface area contributed by atoms with Crippen LogP contribution in [0, 0.1) is 0 Å². The van der Waals surface area contributed by atoms with E-state index in [-0.39, 0.29) is 0 Å². The van der Waals surface area contributed by atoms with E-state index in [0.29, 0.717) is 0 Å². The van der Waals surface area contributed by atoms with Gasteiger partial charge in [0.1, 0.15) is 5.01 Å². The average Bonchev–Trinajstić information content (AvgIpc) is 2.83. The van der Waals surface area contributed by atoms with Gasteiger partial charge in [-0.1, -0.05) is 18.3 Å². The lowest BCUT2D eigenvalue weighted by molar-refractivity contribution is 0.943. The zero-order valence-electron chi connectivity index (χ0n) is 7.21. The van der Waals surface area contributed by atoms with E-state index in [2.05, 4.69) is 22.4 Å².